The number of aliphatic imine (C=N–C) groups is 1. The van der Waals surface area contributed by atoms with Gasteiger partial charge in [0.25, 0.3) is 0 Å². The second-order valence-electron chi connectivity index (χ2n) is 6.80. The number of rotatable bonds is 6. The number of nitrogens with one attached hydrogen (secondary N) is 2. The highest BCUT2D eigenvalue weighted by Crippen LogP contribution is 2.27. The van der Waals surface area contributed by atoms with Crippen LogP contribution in [0, 0.1) is 0 Å². The molecule has 1 heterocycles. The average molecular weight is 492 g/mol. The number of nitrogens with zero attached hydrogens (tertiary/aromatic N) is 2. The van der Waals surface area contributed by atoms with Gasteiger partial charge in [-0.15, -0.1) is 24.0 Å². The molecule has 2 aromatic rings. The first-order chi connectivity index (χ1) is 13.2. The van der Waals surface area contributed by atoms with E-state index < -0.39 is 0 Å². The van der Waals surface area contributed by atoms with Crippen LogP contribution in [0.4, 0.5) is 5.69 Å². The van der Waals surface area contributed by atoms with Gasteiger partial charge in [0.2, 0.25) is 5.91 Å². The summed E-state index contributed by atoms with van der Waals surface area (Å²) in [5.74, 6) is 0.952. The summed E-state index contributed by atoms with van der Waals surface area (Å²) in [5, 5.41) is 6.69. The number of hydrogen-bond acceptors (Lipinski definition) is 2. The Hall–Kier alpha value is -2.09. The van der Waals surface area contributed by atoms with E-state index in [1.54, 1.807) is 7.05 Å². The van der Waals surface area contributed by atoms with Gasteiger partial charge in [0.1, 0.15) is 0 Å². The first kappa shape index (κ1) is 22.2. The topological polar surface area (TPSA) is 56.7 Å². The number of benzene rings is 2. The van der Waals surface area contributed by atoms with Crippen LogP contribution in [0.15, 0.2) is 59.6 Å². The number of carbonyl (C=O) groups is 1. The molecule has 0 spiro atoms. The number of hydrogen-bond donors (Lipinski definition) is 2. The molecular formula is C22H29IN4O. The molecule has 0 aliphatic carbocycles. The molecule has 3 rings (SSSR count). The van der Waals surface area contributed by atoms with Crippen molar-refractivity contribution in [3.05, 3.63) is 65.7 Å². The Kier molecular flexibility index (Phi) is 8.76. The molecule has 0 bridgehead atoms. The lowest BCUT2D eigenvalue weighted by Gasteiger charge is -2.19. The van der Waals surface area contributed by atoms with Gasteiger partial charge in [-0.05, 0) is 37.0 Å². The van der Waals surface area contributed by atoms with Gasteiger partial charge in [-0.3, -0.25) is 9.79 Å². The van der Waals surface area contributed by atoms with Crippen molar-refractivity contribution in [2.24, 2.45) is 4.99 Å². The van der Waals surface area contributed by atoms with Crippen LogP contribution >= 0.6 is 24.0 Å². The summed E-state index contributed by atoms with van der Waals surface area (Å²) >= 11 is 0. The van der Waals surface area contributed by atoms with Crippen LogP contribution in [0.3, 0.4) is 0 Å². The van der Waals surface area contributed by atoms with Crippen LogP contribution < -0.4 is 15.5 Å². The monoisotopic (exact) mass is 492 g/mol. The molecule has 1 amide bonds. The second kappa shape index (κ2) is 11.0. The Balaban J connectivity index is 0.00000280. The molecule has 1 aliphatic rings. The summed E-state index contributed by atoms with van der Waals surface area (Å²) in [6, 6.07) is 18.6. The molecule has 6 heteroatoms. The van der Waals surface area contributed by atoms with E-state index in [0.717, 1.165) is 31.0 Å². The van der Waals surface area contributed by atoms with Gasteiger partial charge in [0.05, 0.1) is 6.04 Å². The lowest BCUT2D eigenvalue weighted by atomic mass is 10.1. The van der Waals surface area contributed by atoms with Gasteiger partial charge in [-0.25, -0.2) is 0 Å². The van der Waals surface area contributed by atoms with Crippen molar-refractivity contribution in [2.45, 2.75) is 32.2 Å². The molecule has 1 unspecified atom stereocenters. The first-order valence-corrected chi connectivity index (χ1v) is 9.59. The van der Waals surface area contributed by atoms with E-state index in [9.17, 15) is 4.79 Å². The SMILES string of the molecule is CN=C(NCCCC(=O)N1CCc2ccccc21)NC(C)c1ccccc1.I. The third kappa shape index (κ3) is 5.70. The summed E-state index contributed by atoms with van der Waals surface area (Å²) in [6.45, 7) is 3.61. The molecule has 5 nitrogen and oxygen atoms in total. The number of para-hydroxylation sites is 1. The Morgan fingerprint density at radius 2 is 1.86 bits per heavy atom. The van der Waals surface area contributed by atoms with Crippen molar-refractivity contribution in [1.82, 2.24) is 10.6 Å². The van der Waals surface area contributed by atoms with Crippen LogP contribution in [0.25, 0.3) is 0 Å². The maximum atomic E-state index is 12.5. The average Bonchev–Trinajstić information content (AvgIpc) is 3.15. The highest BCUT2D eigenvalue weighted by molar-refractivity contribution is 14.0. The molecule has 2 N–H and O–H groups in total. The van der Waals surface area contributed by atoms with E-state index in [0.29, 0.717) is 13.0 Å². The second-order valence-corrected chi connectivity index (χ2v) is 6.80. The Bertz CT molecular complexity index is 794. The Labute approximate surface area is 184 Å². The smallest absolute Gasteiger partial charge is 0.227 e. The van der Waals surface area contributed by atoms with Crippen molar-refractivity contribution >= 4 is 41.5 Å². The number of guanidine groups is 1. The van der Waals surface area contributed by atoms with Crippen LogP contribution in [0.5, 0.6) is 0 Å². The summed E-state index contributed by atoms with van der Waals surface area (Å²) in [7, 11) is 1.76. The Morgan fingerprint density at radius 3 is 2.61 bits per heavy atom. The highest BCUT2D eigenvalue weighted by atomic mass is 127. The standard InChI is InChI=1S/C22H28N4O.HI/c1-17(18-9-4-3-5-10-18)25-22(23-2)24-15-8-13-21(27)26-16-14-19-11-6-7-12-20(19)26;/h3-7,9-12,17H,8,13-16H2,1-2H3,(H2,23,24,25);1H. The molecule has 0 fully saturated rings. The van der Waals surface area contributed by atoms with Crippen LogP contribution in [-0.2, 0) is 11.2 Å². The van der Waals surface area contributed by atoms with Crippen molar-refractivity contribution in [2.75, 3.05) is 25.0 Å². The summed E-state index contributed by atoms with van der Waals surface area (Å²) in [5.41, 5.74) is 3.55. The predicted octanol–water partition coefficient (Wildman–Crippen LogP) is 3.90. The normalized spacial score (nSPS) is 14.1. The van der Waals surface area contributed by atoms with Gasteiger partial charge in [-0.1, -0.05) is 48.5 Å². The quantitative estimate of drug-likeness (QED) is 0.279. The number of anilines is 1. The fourth-order valence-corrected chi connectivity index (χ4v) is 3.40. The molecule has 0 saturated heterocycles. The zero-order valence-corrected chi connectivity index (χ0v) is 18.9. The van der Waals surface area contributed by atoms with Gasteiger partial charge in [0, 0.05) is 32.2 Å². The molecule has 2 aromatic carbocycles. The largest absolute Gasteiger partial charge is 0.356 e. The van der Waals surface area contributed by atoms with Crippen LogP contribution in [0.2, 0.25) is 0 Å². The predicted molar refractivity (Wildman–Crippen MR) is 127 cm³/mol. The van der Waals surface area contributed by atoms with Crippen molar-refractivity contribution in [3.8, 4) is 0 Å². The minimum Gasteiger partial charge on any atom is -0.356 e. The lowest BCUT2D eigenvalue weighted by Crippen LogP contribution is -2.39. The molecule has 0 radical (unpaired) electrons. The van der Waals surface area contributed by atoms with Crippen LogP contribution in [0.1, 0.15) is 36.9 Å². The third-order valence-corrected chi connectivity index (χ3v) is 4.92. The maximum Gasteiger partial charge on any atom is 0.227 e. The molecule has 0 saturated carbocycles. The van der Waals surface area contributed by atoms with E-state index >= 15 is 0 Å². The van der Waals surface area contributed by atoms with Gasteiger partial charge in [0.15, 0.2) is 5.96 Å². The molecule has 1 aliphatic heterocycles. The molecule has 28 heavy (non-hydrogen) atoms. The summed E-state index contributed by atoms with van der Waals surface area (Å²) in [4.78, 5) is 18.7. The zero-order chi connectivity index (χ0) is 19.1. The number of halogens is 1. The molecule has 150 valence electrons. The van der Waals surface area contributed by atoms with Gasteiger partial charge in [-0.2, -0.15) is 0 Å². The minimum atomic E-state index is 0. The number of fused-ring (bicyclic) bond motifs is 1. The fraction of sp³-hybridized carbons (Fsp3) is 0.364. The summed E-state index contributed by atoms with van der Waals surface area (Å²) < 4.78 is 0. The zero-order valence-electron chi connectivity index (χ0n) is 16.5. The van der Waals surface area contributed by atoms with E-state index in [-0.39, 0.29) is 35.9 Å². The van der Waals surface area contributed by atoms with E-state index in [4.69, 9.17) is 0 Å². The third-order valence-electron chi connectivity index (χ3n) is 4.92. The first-order valence-electron chi connectivity index (χ1n) is 9.59. The van der Waals surface area contributed by atoms with E-state index in [2.05, 4.69) is 40.7 Å². The molecule has 0 aromatic heterocycles. The van der Waals surface area contributed by atoms with Crippen LogP contribution in [-0.4, -0.2) is 32.0 Å². The summed E-state index contributed by atoms with van der Waals surface area (Å²) in [6.07, 6.45) is 2.26. The minimum absolute atomic E-state index is 0. The van der Waals surface area contributed by atoms with E-state index in [1.165, 1.54) is 11.1 Å². The molecule has 1 atom stereocenters. The lowest BCUT2D eigenvalue weighted by molar-refractivity contribution is -0.118. The fourth-order valence-electron chi connectivity index (χ4n) is 3.40. The maximum absolute atomic E-state index is 12.5. The van der Waals surface area contributed by atoms with Crippen molar-refractivity contribution < 1.29 is 4.79 Å². The van der Waals surface area contributed by atoms with Gasteiger partial charge >= 0.3 is 0 Å². The van der Waals surface area contributed by atoms with Gasteiger partial charge < -0.3 is 15.5 Å². The highest BCUT2D eigenvalue weighted by Gasteiger charge is 2.23. The number of carbonyl (C=O) groups excluding carboxylic acids is 1. The molecular weight excluding hydrogens is 463 g/mol. The van der Waals surface area contributed by atoms with Crippen molar-refractivity contribution in [3.63, 3.8) is 0 Å². The number of amides is 1. The van der Waals surface area contributed by atoms with E-state index in [1.807, 2.05) is 41.3 Å². The Morgan fingerprint density at radius 1 is 1.14 bits per heavy atom. The van der Waals surface area contributed by atoms with Crippen molar-refractivity contribution in [1.29, 1.82) is 0 Å².